The number of amides is 1. The highest BCUT2D eigenvalue weighted by Crippen LogP contribution is 2.31. The minimum atomic E-state index is -4.07. The Morgan fingerprint density at radius 1 is 0.939 bits per heavy atom. The van der Waals surface area contributed by atoms with Crippen molar-refractivity contribution in [3.8, 4) is 17.6 Å². The molecule has 1 N–H and O–H groups in total. The van der Waals surface area contributed by atoms with Crippen molar-refractivity contribution < 1.29 is 22.1 Å². The van der Waals surface area contributed by atoms with Crippen molar-refractivity contribution >= 4 is 27.8 Å². The summed E-state index contributed by atoms with van der Waals surface area (Å²) in [6.45, 7) is 3.78. The lowest BCUT2D eigenvalue weighted by atomic mass is 10.1. The van der Waals surface area contributed by atoms with Crippen LogP contribution in [0, 0.1) is 25.2 Å². The Morgan fingerprint density at radius 2 is 1.55 bits per heavy atom. The van der Waals surface area contributed by atoms with Gasteiger partial charge in [-0.05, 0) is 61.9 Å². The third-order valence-electron chi connectivity index (χ3n) is 4.68. The van der Waals surface area contributed by atoms with Gasteiger partial charge in [0.15, 0.2) is 11.5 Å². The maximum atomic E-state index is 12.6. The maximum Gasteiger partial charge on any atom is 0.339 e. The van der Waals surface area contributed by atoms with Crippen LogP contribution < -0.4 is 14.2 Å². The van der Waals surface area contributed by atoms with Crippen molar-refractivity contribution in [2.45, 2.75) is 18.7 Å². The monoisotopic (exact) mass is 462 g/mol. The number of methoxy groups -OCH3 is 1. The first kappa shape index (κ1) is 23.6. The summed E-state index contributed by atoms with van der Waals surface area (Å²) in [5, 5.41) is 12.1. The van der Waals surface area contributed by atoms with Crippen LogP contribution >= 0.6 is 0 Å². The molecule has 0 fully saturated rings. The minimum absolute atomic E-state index is 0.0127. The number of rotatable bonds is 7. The summed E-state index contributed by atoms with van der Waals surface area (Å²) in [5.74, 6) is -0.448. The largest absolute Gasteiger partial charge is 0.493 e. The molecule has 0 aliphatic carbocycles. The maximum absolute atomic E-state index is 12.6. The molecular weight excluding hydrogens is 440 g/mol. The van der Waals surface area contributed by atoms with Crippen molar-refractivity contribution in [2.24, 2.45) is 0 Å². The Kier molecular flexibility index (Phi) is 7.16. The van der Waals surface area contributed by atoms with E-state index in [0.29, 0.717) is 11.3 Å². The van der Waals surface area contributed by atoms with E-state index in [0.717, 1.165) is 11.1 Å². The minimum Gasteiger partial charge on any atom is -0.493 e. The van der Waals surface area contributed by atoms with E-state index in [1.807, 2.05) is 32.0 Å². The molecule has 0 saturated heterocycles. The summed E-state index contributed by atoms with van der Waals surface area (Å²) in [4.78, 5) is 12.5. The van der Waals surface area contributed by atoms with E-state index in [2.05, 4.69) is 5.32 Å². The number of nitrogens with zero attached hydrogens (tertiary/aromatic N) is 1. The standard InChI is InChI=1S/C25H22N2O5S/c1-17-4-9-21(10-5-17)27-25(28)20(16-26)14-19-8-13-23(24(15-19)31-3)32-33(29,30)22-11-6-18(2)7-12-22/h4-15H,1-3H3,(H,27,28)/b20-14+. The van der Waals surface area contributed by atoms with Gasteiger partial charge in [-0.15, -0.1) is 0 Å². The molecule has 0 atom stereocenters. The van der Waals surface area contributed by atoms with Crippen molar-refractivity contribution in [1.29, 1.82) is 5.26 Å². The van der Waals surface area contributed by atoms with Gasteiger partial charge in [0.25, 0.3) is 5.91 Å². The third kappa shape index (κ3) is 5.99. The van der Waals surface area contributed by atoms with Crippen molar-refractivity contribution in [3.63, 3.8) is 0 Å². The van der Waals surface area contributed by atoms with Gasteiger partial charge >= 0.3 is 10.1 Å². The zero-order chi connectivity index (χ0) is 24.0. The van der Waals surface area contributed by atoms with Gasteiger partial charge in [-0.2, -0.15) is 13.7 Å². The summed E-state index contributed by atoms with van der Waals surface area (Å²) >= 11 is 0. The fourth-order valence-electron chi connectivity index (χ4n) is 2.86. The van der Waals surface area contributed by atoms with Gasteiger partial charge < -0.3 is 14.2 Å². The first-order valence-corrected chi connectivity index (χ1v) is 11.3. The zero-order valence-corrected chi connectivity index (χ0v) is 19.1. The van der Waals surface area contributed by atoms with Crippen LogP contribution in [0.1, 0.15) is 16.7 Å². The Bertz CT molecular complexity index is 1340. The molecule has 0 unspecified atom stereocenters. The van der Waals surface area contributed by atoms with E-state index < -0.39 is 16.0 Å². The molecule has 0 aliphatic heterocycles. The number of carbonyl (C=O) groups excluding carboxylic acids is 1. The van der Waals surface area contributed by atoms with Crippen LogP contribution in [-0.4, -0.2) is 21.4 Å². The summed E-state index contributed by atoms with van der Waals surface area (Å²) in [6.07, 6.45) is 1.38. The van der Waals surface area contributed by atoms with Gasteiger partial charge in [0, 0.05) is 5.69 Å². The second kappa shape index (κ2) is 10.0. The van der Waals surface area contributed by atoms with Crippen LogP contribution in [0.5, 0.6) is 11.5 Å². The van der Waals surface area contributed by atoms with Crippen LogP contribution in [0.15, 0.2) is 77.2 Å². The molecular formula is C25H22N2O5S. The summed E-state index contributed by atoms with van der Waals surface area (Å²) in [5.41, 5.74) is 2.86. The molecule has 0 saturated carbocycles. The van der Waals surface area contributed by atoms with Crippen LogP contribution in [0.4, 0.5) is 5.69 Å². The normalized spacial score (nSPS) is 11.4. The Hall–Kier alpha value is -4.09. The van der Waals surface area contributed by atoms with Crippen LogP contribution in [0.2, 0.25) is 0 Å². The first-order chi connectivity index (χ1) is 15.7. The molecule has 0 aromatic heterocycles. The van der Waals surface area contributed by atoms with Gasteiger partial charge in [0.05, 0.1) is 7.11 Å². The van der Waals surface area contributed by atoms with E-state index in [4.69, 9.17) is 8.92 Å². The van der Waals surface area contributed by atoms with Crippen LogP contribution in [0.25, 0.3) is 6.08 Å². The Balaban J connectivity index is 1.83. The van der Waals surface area contributed by atoms with Gasteiger partial charge in [0.2, 0.25) is 0 Å². The molecule has 168 valence electrons. The highest BCUT2D eigenvalue weighted by molar-refractivity contribution is 7.87. The molecule has 3 aromatic carbocycles. The average Bonchev–Trinajstić information content (AvgIpc) is 2.79. The number of hydrogen-bond donors (Lipinski definition) is 1. The SMILES string of the molecule is COc1cc(/C=C(\C#N)C(=O)Nc2ccc(C)cc2)ccc1OS(=O)(=O)c1ccc(C)cc1. The number of hydrogen-bond acceptors (Lipinski definition) is 6. The summed E-state index contributed by atoms with van der Waals surface area (Å²) in [7, 11) is -2.70. The summed E-state index contributed by atoms with van der Waals surface area (Å²) in [6, 6.07) is 19.7. The lowest BCUT2D eigenvalue weighted by molar-refractivity contribution is -0.112. The fraction of sp³-hybridized carbons (Fsp3) is 0.120. The molecule has 0 heterocycles. The molecule has 33 heavy (non-hydrogen) atoms. The highest BCUT2D eigenvalue weighted by Gasteiger charge is 2.19. The zero-order valence-electron chi connectivity index (χ0n) is 18.3. The smallest absolute Gasteiger partial charge is 0.339 e. The molecule has 0 spiro atoms. The van der Waals surface area contributed by atoms with Gasteiger partial charge in [-0.25, -0.2) is 0 Å². The Labute approximate surface area is 193 Å². The quantitative estimate of drug-likeness (QED) is 0.312. The molecule has 8 heteroatoms. The van der Waals surface area contributed by atoms with Crippen molar-refractivity contribution in [2.75, 3.05) is 12.4 Å². The average molecular weight is 463 g/mol. The molecule has 0 aliphatic rings. The number of benzene rings is 3. The van der Waals surface area contributed by atoms with Crippen LogP contribution in [-0.2, 0) is 14.9 Å². The number of anilines is 1. The molecule has 3 aromatic rings. The number of aryl methyl sites for hydroxylation is 2. The Morgan fingerprint density at radius 3 is 2.12 bits per heavy atom. The van der Waals surface area contributed by atoms with E-state index in [-0.39, 0.29) is 22.0 Å². The topological polar surface area (TPSA) is 105 Å². The van der Waals surface area contributed by atoms with E-state index >= 15 is 0 Å². The van der Waals surface area contributed by atoms with Crippen LogP contribution in [0.3, 0.4) is 0 Å². The number of ether oxygens (including phenoxy) is 1. The number of nitrogens with one attached hydrogen (secondary N) is 1. The number of nitriles is 1. The predicted octanol–water partition coefficient (Wildman–Crippen LogP) is 4.63. The van der Waals surface area contributed by atoms with E-state index in [1.54, 1.807) is 24.3 Å². The second-order valence-electron chi connectivity index (χ2n) is 7.25. The molecule has 0 bridgehead atoms. The molecule has 0 radical (unpaired) electrons. The van der Waals surface area contributed by atoms with Gasteiger partial charge in [0.1, 0.15) is 16.5 Å². The summed E-state index contributed by atoms with van der Waals surface area (Å²) < 4.78 is 35.7. The van der Waals surface area contributed by atoms with Gasteiger partial charge in [-0.3, -0.25) is 4.79 Å². The fourth-order valence-corrected chi connectivity index (χ4v) is 3.80. The van der Waals surface area contributed by atoms with Crippen molar-refractivity contribution in [1.82, 2.24) is 0 Å². The molecule has 1 amide bonds. The van der Waals surface area contributed by atoms with Gasteiger partial charge in [-0.1, -0.05) is 41.5 Å². The third-order valence-corrected chi connectivity index (χ3v) is 5.93. The lowest BCUT2D eigenvalue weighted by Gasteiger charge is -2.12. The second-order valence-corrected chi connectivity index (χ2v) is 8.80. The predicted molar refractivity (Wildman–Crippen MR) is 125 cm³/mol. The first-order valence-electron chi connectivity index (χ1n) is 9.91. The lowest BCUT2D eigenvalue weighted by Crippen LogP contribution is -2.13. The van der Waals surface area contributed by atoms with E-state index in [1.165, 1.54) is 43.5 Å². The number of carbonyl (C=O) groups is 1. The molecule has 3 rings (SSSR count). The van der Waals surface area contributed by atoms with Crippen molar-refractivity contribution in [3.05, 3.63) is 89.0 Å². The van der Waals surface area contributed by atoms with E-state index in [9.17, 15) is 18.5 Å². The highest BCUT2D eigenvalue weighted by atomic mass is 32.2. The molecule has 7 nitrogen and oxygen atoms in total.